The van der Waals surface area contributed by atoms with Crippen LogP contribution in [0, 0.1) is 17.6 Å². The van der Waals surface area contributed by atoms with Gasteiger partial charge in [0.15, 0.2) is 11.6 Å². The summed E-state index contributed by atoms with van der Waals surface area (Å²) >= 11 is 0. The van der Waals surface area contributed by atoms with Crippen LogP contribution in [-0.4, -0.2) is 8.80 Å². The minimum absolute atomic E-state index is 0.341. The van der Waals surface area contributed by atoms with Crippen LogP contribution < -0.4 is 0 Å². The van der Waals surface area contributed by atoms with E-state index in [1.54, 1.807) is 24.2 Å². The molecule has 2 aromatic carbocycles. The van der Waals surface area contributed by atoms with Crippen LogP contribution >= 0.6 is 0 Å². The molecule has 0 nitrogen and oxygen atoms in total. The van der Waals surface area contributed by atoms with Crippen LogP contribution in [0.5, 0.6) is 0 Å². The first-order chi connectivity index (χ1) is 15.1. The number of hydrogen-bond donors (Lipinski definition) is 0. The van der Waals surface area contributed by atoms with Crippen molar-refractivity contribution in [3.05, 3.63) is 59.7 Å². The summed E-state index contributed by atoms with van der Waals surface area (Å²) in [4.78, 5) is 0. The highest BCUT2D eigenvalue weighted by Gasteiger charge is 2.42. The molecule has 2 fully saturated rings. The van der Waals surface area contributed by atoms with Crippen LogP contribution in [-0.2, 0) is 5.41 Å². The van der Waals surface area contributed by atoms with Gasteiger partial charge in [-0.1, -0.05) is 107 Å². The first-order valence-corrected chi connectivity index (χ1v) is 15.1. The first kappa shape index (κ1) is 22.7. The molecule has 3 heteroatoms. The molecule has 0 radical (unpaired) electrons. The summed E-state index contributed by atoms with van der Waals surface area (Å²) in [5, 5.41) is 0. The molecule has 1 heterocycles. The molecule has 2 aromatic rings. The minimum atomic E-state index is -0.782. The summed E-state index contributed by atoms with van der Waals surface area (Å²) in [7, 11) is -0.499. The van der Waals surface area contributed by atoms with Crippen LogP contribution in [0.2, 0.25) is 18.1 Å². The minimum Gasteiger partial charge on any atom is -0.204 e. The van der Waals surface area contributed by atoms with Gasteiger partial charge >= 0.3 is 0 Å². The predicted molar refractivity (Wildman–Crippen MR) is 130 cm³/mol. The molecule has 0 unspecified atom stereocenters. The third-order valence-corrected chi connectivity index (χ3v) is 11.8. The van der Waals surface area contributed by atoms with Crippen molar-refractivity contribution in [2.45, 2.75) is 94.7 Å². The van der Waals surface area contributed by atoms with E-state index in [4.69, 9.17) is 0 Å². The Hall–Kier alpha value is -1.48. The smallest absolute Gasteiger partial charge is 0.159 e. The van der Waals surface area contributed by atoms with Crippen molar-refractivity contribution in [1.82, 2.24) is 0 Å². The monoisotopic (exact) mass is 440 g/mol. The van der Waals surface area contributed by atoms with E-state index < -0.39 is 20.4 Å². The number of unbranched alkanes of at least 4 members (excludes halogenated alkanes) is 2. The van der Waals surface area contributed by atoms with Gasteiger partial charge in [0.1, 0.15) is 0 Å². The average molecular weight is 441 g/mol. The van der Waals surface area contributed by atoms with E-state index in [-0.39, 0.29) is 0 Å². The lowest BCUT2D eigenvalue weighted by atomic mass is 9.60. The molecule has 0 amide bonds. The second kappa shape index (κ2) is 10.4. The highest BCUT2D eigenvalue weighted by atomic mass is 28.3. The van der Waals surface area contributed by atoms with Gasteiger partial charge in [-0.05, 0) is 53.0 Å². The Labute approximate surface area is 189 Å². The first-order valence-electron chi connectivity index (χ1n) is 12.7. The van der Waals surface area contributed by atoms with Crippen LogP contribution in [0.1, 0.15) is 76.7 Å². The third-order valence-electron chi connectivity index (χ3n) is 8.30. The van der Waals surface area contributed by atoms with Gasteiger partial charge in [0, 0.05) is 8.80 Å². The van der Waals surface area contributed by atoms with E-state index in [1.807, 2.05) is 0 Å². The van der Waals surface area contributed by atoms with Crippen molar-refractivity contribution in [2.24, 2.45) is 5.92 Å². The normalized spacial score (nSPS) is 23.6. The Morgan fingerprint density at radius 2 is 1.52 bits per heavy atom. The van der Waals surface area contributed by atoms with E-state index in [2.05, 4.69) is 31.2 Å². The fourth-order valence-electron chi connectivity index (χ4n) is 6.47. The zero-order valence-corrected chi connectivity index (χ0v) is 20.3. The molecule has 2 aliphatic rings. The van der Waals surface area contributed by atoms with Crippen molar-refractivity contribution in [2.75, 3.05) is 0 Å². The molecule has 4 rings (SSSR count). The summed E-state index contributed by atoms with van der Waals surface area (Å²) in [6.07, 6.45) is 13.8. The fraction of sp³-hybridized carbons (Fsp3) is 0.571. The number of benzene rings is 2. The van der Waals surface area contributed by atoms with E-state index in [1.165, 1.54) is 81.9 Å². The maximum atomic E-state index is 13.7. The Morgan fingerprint density at radius 3 is 2.16 bits per heavy atom. The fourth-order valence-corrected chi connectivity index (χ4v) is 9.95. The average Bonchev–Trinajstić information content (AvgIpc) is 2.82. The van der Waals surface area contributed by atoms with E-state index in [0.29, 0.717) is 5.41 Å². The van der Waals surface area contributed by atoms with Crippen molar-refractivity contribution in [3.8, 4) is 11.1 Å². The maximum Gasteiger partial charge on any atom is 0.159 e. The highest BCUT2D eigenvalue weighted by Crippen LogP contribution is 2.50. The molecule has 1 aliphatic carbocycles. The summed E-state index contributed by atoms with van der Waals surface area (Å²) in [6.45, 7) is 2.31. The molecule has 0 aromatic heterocycles. The Balaban J connectivity index is 1.50. The van der Waals surface area contributed by atoms with Crippen molar-refractivity contribution in [1.29, 1.82) is 0 Å². The Kier molecular flexibility index (Phi) is 7.63. The highest BCUT2D eigenvalue weighted by molar-refractivity contribution is 6.58. The SMILES string of the molecule is CCCCC[SiH]1CCC(C2(c3ccc(-c4ccc(F)c(F)c4)cc3)CCCCC2)CC1. The van der Waals surface area contributed by atoms with Gasteiger partial charge in [-0.3, -0.25) is 0 Å². The third kappa shape index (κ3) is 5.13. The van der Waals surface area contributed by atoms with Crippen LogP contribution in [0.4, 0.5) is 8.78 Å². The lowest BCUT2D eigenvalue weighted by molar-refractivity contribution is 0.174. The molecule has 168 valence electrons. The molecule has 0 atom stereocenters. The summed E-state index contributed by atoms with van der Waals surface area (Å²) < 4.78 is 27.0. The number of rotatable bonds is 7. The van der Waals surface area contributed by atoms with Gasteiger partial charge in [0.2, 0.25) is 0 Å². The van der Waals surface area contributed by atoms with Gasteiger partial charge in [-0.15, -0.1) is 0 Å². The standard InChI is InChI=1S/C28H38F2Si/c1-2-3-7-18-31-19-14-25(15-20-31)28(16-5-4-6-17-28)24-11-8-22(9-12-24)23-10-13-26(29)27(30)21-23/h8-13,21,25,31H,2-7,14-20H2,1H3. The van der Waals surface area contributed by atoms with Crippen LogP contribution in [0.25, 0.3) is 11.1 Å². The lowest BCUT2D eigenvalue weighted by Crippen LogP contribution is -2.40. The van der Waals surface area contributed by atoms with Gasteiger partial charge in [-0.25, -0.2) is 8.78 Å². The molecule has 1 saturated heterocycles. The molecule has 31 heavy (non-hydrogen) atoms. The largest absolute Gasteiger partial charge is 0.204 e. The molecule has 0 spiro atoms. The molecule has 0 bridgehead atoms. The van der Waals surface area contributed by atoms with Crippen molar-refractivity contribution >= 4 is 8.80 Å². The second-order valence-electron chi connectivity index (χ2n) is 10.1. The van der Waals surface area contributed by atoms with Crippen molar-refractivity contribution in [3.63, 3.8) is 0 Å². The lowest BCUT2D eigenvalue weighted by Gasteiger charge is -2.47. The van der Waals surface area contributed by atoms with Gasteiger partial charge in [-0.2, -0.15) is 0 Å². The maximum absolute atomic E-state index is 13.7. The van der Waals surface area contributed by atoms with E-state index >= 15 is 0 Å². The van der Waals surface area contributed by atoms with E-state index in [0.717, 1.165) is 17.0 Å². The predicted octanol–water partition coefficient (Wildman–Crippen LogP) is 8.66. The topological polar surface area (TPSA) is 0 Å². The van der Waals surface area contributed by atoms with Crippen molar-refractivity contribution < 1.29 is 8.78 Å². The van der Waals surface area contributed by atoms with Crippen LogP contribution in [0.3, 0.4) is 0 Å². The zero-order chi connectivity index (χ0) is 21.7. The molecule has 1 aliphatic heterocycles. The molecular weight excluding hydrogens is 402 g/mol. The van der Waals surface area contributed by atoms with Gasteiger partial charge < -0.3 is 0 Å². The summed E-state index contributed by atoms with van der Waals surface area (Å²) in [5.74, 6) is -0.725. The van der Waals surface area contributed by atoms with E-state index in [9.17, 15) is 8.78 Å². The second-order valence-corrected chi connectivity index (χ2v) is 13.6. The van der Waals surface area contributed by atoms with Gasteiger partial charge in [0.25, 0.3) is 0 Å². The molecule has 0 N–H and O–H groups in total. The zero-order valence-electron chi connectivity index (χ0n) is 19.1. The number of hydrogen-bond acceptors (Lipinski definition) is 0. The summed E-state index contributed by atoms with van der Waals surface area (Å²) in [5.41, 5.74) is 3.56. The quantitative estimate of drug-likeness (QED) is 0.298. The molecule has 1 saturated carbocycles. The Morgan fingerprint density at radius 1 is 0.839 bits per heavy atom. The Bertz CT molecular complexity index is 831. The summed E-state index contributed by atoms with van der Waals surface area (Å²) in [6, 6.07) is 17.7. The molecular formula is C28H38F2Si. The van der Waals surface area contributed by atoms with Gasteiger partial charge in [0.05, 0.1) is 0 Å². The van der Waals surface area contributed by atoms with Crippen LogP contribution in [0.15, 0.2) is 42.5 Å². The number of halogens is 2.